The molecule has 1 aromatic rings. The lowest BCUT2D eigenvalue weighted by molar-refractivity contribution is 0.145. The van der Waals surface area contributed by atoms with Crippen LogP contribution in [0.15, 0.2) is 24.3 Å². The fourth-order valence-electron chi connectivity index (χ4n) is 3.62. The molecule has 0 radical (unpaired) electrons. The second kappa shape index (κ2) is 6.12. The highest BCUT2D eigenvalue weighted by atomic mass is 16.5. The zero-order valence-corrected chi connectivity index (χ0v) is 12.0. The van der Waals surface area contributed by atoms with Gasteiger partial charge in [0.05, 0.1) is 12.6 Å². The Morgan fingerprint density at radius 3 is 2.65 bits per heavy atom. The standard InChI is InChI=1S/C16H24N2O2/c1-19-6-7-20-15-5-3-2-4-14(15)16(18-17)13-9-11-8-12(11)10-13/h2-5,11-13,16,18H,6-10,17H2,1H3. The average Bonchev–Trinajstić information content (AvgIpc) is 3.08. The molecule has 2 saturated carbocycles. The van der Waals surface area contributed by atoms with E-state index in [-0.39, 0.29) is 6.04 Å². The lowest BCUT2D eigenvalue weighted by Crippen LogP contribution is -2.33. The van der Waals surface area contributed by atoms with Crippen molar-refractivity contribution in [3.8, 4) is 5.75 Å². The maximum Gasteiger partial charge on any atom is 0.124 e. The van der Waals surface area contributed by atoms with Gasteiger partial charge in [-0.2, -0.15) is 0 Å². The topological polar surface area (TPSA) is 56.5 Å². The molecule has 0 heterocycles. The first-order chi connectivity index (χ1) is 9.83. The SMILES string of the molecule is COCCOc1ccccc1C(NN)C1CC2CC2C1. The van der Waals surface area contributed by atoms with Gasteiger partial charge in [0.15, 0.2) is 0 Å². The number of fused-ring (bicyclic) bond motifs is 1. The molecule has 2 fully saturated rings. The van der Waals surface area contributed by atoms with Crippen molar-refractivity contribution in [3.05, 3.63) is 29.8 Å². The van der Waals surface area contributed by atoms with Crippen LogP contribution in [-0.2, 0) is 4.74 Å². The summed E-state index contributed by atoms with van der Waals surface area (Å²) in [5, 5.41) is 0. The minimum Gasteiger partial charge on any atom is -0.491 e. The van der Waals surface area contributed by atoms with Crippen LogP contribution >= 0.6 is 0 Å². The van der Waals surface area contributed by atoms with Crippen LogP contribution < -0.4 is 16.0 Å². The van der Waals surface area contributed by atoms with Gasteiger partial charge in [-0.3, -0.25) is 11.3 Å². The summed E-state index contributed by atoms with van der Waals surface area (Å²) in [6.45, 7) is 1.17. The van der Waals surface area contributed by atoms with Gasteiger partial charge in [-0.15, -0.1) is 0 Å². The van der Waals surface area contributed by atoms with Crippen LogP contribution in [-0.4, -0.2) is 20.3 Å². The summed E-state index contributed by atoms with van der Waals surface area (Å²) in [4.78, 5) is 0. The molecule has 0 amide bonds. The van der Waals surface area contributed by atoms with E-state index in [9.17, 15) is 0 Å². The minimum absolute atomic E-state index is 0.196. The third-order valence-electron chi connectivity index (χ3n) is 4.73. The summed E-state index contributed by atoms with van der Waals surface area (Å²) in [6.07, 6.45) is 4.03. The number of methoxy groups -OCH3 is 1. The van der Waals surface area contributed by atoms with E-state index in [1.165, 1.54) is 24.8 Å². The van der Waals surface area contributed by atoms with Gasteiger partial charge in [-0.25, -0.2) is 0 Å². The number of nitrogens with one attached hydrogen (secondary N) is 1. The Morgan fingerprint density at radius 1 is 1.20 bits per heavy atom. The Kier molecular flexibility index (Phi) is 4.24. The molecule has 0 bridgehead atoms. The number of hydrazine groups is 1. The van der Waals surface area contributed by atoms with E-state index in [0.29, 0.717) is 19.1 Å². The predicted octanol–water partition coefficient (Wildman–Crippen LogP) is 2.26. The molecular formula is C16H24N2O2. The number of nitrogens with two attached hydrogens (primary N) is 1. The van der Waals surface area contributed by atoms with Gasteiger partial charge >= 0.3 is 0 Å². The monoisotopic (exact) mass is 276 g/mol. The van der Waals surface area contributed by atoms with E-state index in [1.807, 2.05) is 12.1 Å². The molecule has 0 spiro atoms. The fourth-order valence-corrected chi connectivity index (χ4v) is 3.62. The number of para-hydroxylation sites is 1. The first-order valence-corrected chi connectivity index (χ1v) is 7.50. The van der Waals surface area contributed by atoms with Crippen LogP contribution in [0.1, 0.15) is 30.9 Å². The van der Waals surface area contributed by atoms with Crippen molar-refractivity contribution in [1.82, 2.24) is 5.43 Å². The molecule has 4 nitrogen and oxygen atoms in total. The van der Waals surface area contributed by atoms with Gasteiger partial charge in [-0.05, 0) is 43.1 Å². The molecule has 0 aliphatic heterocycles. The molecule has 3 rings (SSSR count). The molecule has 2 aliphatic rings. The molecule has 0 saturated heterocycles. The molecule has 1 aromatic carbocycles. The molecule has 110 valence electrons. The van der Waals surface area contributed by atoms with Gasteiger partial charge in [0, 0.05) is 12.7 Å². The lowest BCUT2D eigenvalue weighted by atomic mass is 9.89. The molecule has 2 aliphatic carbocycles. The quantitative estimate of drug-likeness (QED) is 0.456. The summed E-state index contributed by atoms with van der Waals surface area (Å²) in [5.74, 6) is 9.31. The van der Waals surface area contributed by atoms with Crippen LogP contribution in [0, 0.1) is 17.8 Å². The zero-order valence-electron chi connectivity index (χ0n) is 12.0. The Morgan fingerprint density at radius 2 is 1.95 bits per heavy atom. The maximum atomic E-state index is 5.84. The van der Waals surface area contributed by atoms with Gasteiger partial charge in [-0.1, -0.05) is 18.2 Å². The Balaban J connectivity index is 1.72. The lowest BCUT2D eigenvalue weighted by Gasteiger charge is -2.26. The number of hydrogen-bond acceptors (Lipinski definition) is 4. The number of rotatable bonds is 7. The second-order valence-corrected chi connectivity index (χ2v) is 6.01. The molecular weight excluding hydrogens is 252 g/mol. The highest BCUT2D eigenvalue weighted by molar-refractivity contribution is 5.36. The molecule has 4 heteroatoms. The van der Waals surface area contributed by atoms with Crippen molar-refractivity contribution in [3.63, 3.8) is 0 Å². The van der Waals surface area contributed by atoms with Crippen LogP contribution in [0.5, 0.6) is 5.75 Å². The normalized spacial score (nSPS) is 29.0. The summed E-state index contributed by atoms with van der Waals surface area (Å²) >= 11 is 0. The highest BCUT2D eigenvalue weighted by Gasteiger charge is 2.48. The van der Waals surface area contributed by atoms with E-state index in [2.05, 4.69) is 17.6 Å². The maximum absolute atomic E-state index is 5.84. The number of hydrogen-bond donors (Lipinski definition) is 2. The summed E-state index contributed by atoms with van der Waals surface area (Å²) in [5.41, 5.74) is 4.20. The van der Waals surface area contributed by atoms with E-state index >= 15 is 0 Å². The van der Waals surface area contributed by atoms with E-state index < -0.39 is 0 Å². The van der Waals surface area contributed by atoms with Gasteiger partial charge in [0.2, 0.25) is 0 Å². The van der Waals surface area contributed by atoms with Crippen LogP contribution in [0.4, 0.5) is 0 Å². The smallest absolute Gasteiger partial charge is 0.124 e. The Labute approximate surface area is 120 Å². The average molecular weight is 276 g/mol. The van der Waals surface area contributed by atoms with Crippen molar-refractivity contribution in [1.29, 1.82) is 0 Å². The van der Waals surface area contributed by atoms with Crippen LogP contribution in [0.2, 0.25) is 0 Å². The van der Waals surface area contributed by atoms with E-state index in [1.54, 1.807) is 7.11 Å². The first-order valence-electron chi connectivity index (χ1n) is 7.50. The van der Waals surface area contributed by atoms with Crippen molar-refractivity contribution in [2.45, 2.75) is 25.3 Å². The summed E-state index contributed by atoms with van der Waals surface area (Å²) < 4.78 is 10.9. The highest BCUT2D eigenvalue weighted by Crippen LogP contribution is 2.57. The minimum atomic E-state index is 0.196. The van der Waals surface area contributed by atoms with Gasteiger partial charge < -0.3 is 9.47 Å². The second-order valence-electron chi connectivity index (χ2n) is 6.01. The Hall–Kier alpha value is -1.10. The predicted molar refractivity (Wildman–Crippen MR) is 78.2 cm³/mol. The molecule has 0 aromatic heterocycles. The van der Waals surface area contributed by atoms with Crippen LogP contribution in [0.3, 0.4) is 0 Å². The third-order valence-corrected chi connectivity index (χ3v) is 4.73. The van der Waals surface area contributed by atoms with Crippen molar-refractivity contribution >= 4 is 0 Å². The molecule has 20 heavy (non-hydrogen) atoms. The molecule has 3 N–H and O–H groups in total. The fraction of sp³-hybridized carbons (Fsp3) is 0.625. The van der Waals surface area contributed by atoms with Crippen LogP contribution in [0.25, 0.3) is 0 Å². The number of benzene rings is 1. The third kappa shape index (κ3) is 2.82. The Bertz CT molecular complexity index is 442. The number of ether oxygens (including phenoxy) is 2. The first kappa shape index (κ1) is 13.9. The largest absolute Gasteiger partial charge is 0.491 e. The van der Waals surface area contributed by atoms with Crippen molar-refractivity contribution in [2.75, 3.05) is 20.3 Å². The zero-order chi connectivity index (χ0) is 13.9. The summed E-state index contributed by atoms with van der Waals surface area (Å²) in [7, 11) is 1.68. The molecule has 3 unspecified atom stereocenters. The molecule has 3 atom stereocenters. The van der Waals surface area contributed by atoms with E-state index in [4.69, 9.17) is 15.3 Å². The van der Waals surface area contributed by atoms with Gasteiger partial charge in [0.25, 0.3) is 0 Å². The summed E-state index contributed by atoms with van der Waals surface area (Å²) in [6, 6.07) is 8.40. The van der Waals surface area contributed by atoms with Crippen molar-refractivity contribution in [2.24, 2.45) is 23.6 Å². The van der Waals surface area contributed by atoms with E-state index in [0.717, 1.165) is 17.6 Å². The van der Waals surface area contributed by atoms with Gasteiger partial charge in [0.1, 0.15) is 12.4 Å². The van der Waals surface area contributed by atoms with Crippen molar-refractivity contribution < 1.29 is 9.47 Å².